The third-order valence-electron chi connectivity index (χ3n) is 3.96. The topological polar surface area (TPSA) is 72.4 Å². The van der Waals surface area contributed by atoms with E-state index in [0.29, 0.717) is 11.6 Å². The maximum atomic E-state index is 10.9. The van der Waals surface area contributed by atoms with E-state index in [-0.39, 0.29) is 5.69 Å². The quantitative estimate of drug-likeness (QED) is 0.533. The molecule has 1 atom stereocenters. The van der Waals surface area contributed by atoms with Gasteiger partial charge >= 0.3 is 0 Å². The number of hydrogen-bond donors (Lipinski definition) is 1. The molecule has 1 saturated heterocycles. The molecule has 0 aromatic heterocycles. The maximum Gasteiger partial charge on any atom is 0.273 e. The van der Waals surface area contributed by atoms with E-state index in [1.165, 1.54) is 11.6 Å². The molecule has 5 heteroatoms. The van der Waals surface area contributed by atoms with E-state index in [4.69, 9.17) is 5.73 Å². The zero-order valence-corrected chi connectivity index (χ0v) is 11.6. The van der Waals surface area contributed by atoms with Crippen molar-refractivity contribution in [3.05, 3.63) is 64.2 Å². The predicted octanol–water partition coefficient (Wildman–Crippen LogP) is 3.17. The molecule has 3 rings (SSSR count). The summed E-state index contributed by atoms with van der Waals surface area (Å²) in [6.07, 6.45) is 1.05. The number of anilines is 2. The minimum Gasteiger partial charge on any atom is -0.398 e. The second-order valence-electron chi connectivity index (χ2n) is 5.38. The fraction of sp³-hybridized carbons (Fsp3) is 0.250. The monoisotopic (exact) mass is 283 g/mol. The molecule has 21 heavy (non-hydrogen) atoms. The van der Waals surface area contributed by atoms with E-state index in [1.807, 2.05) is 18.2 Å². The summed E-state index contributed by atoms with van der Waals surface area (Å²) in [6, 6.07) is 15.2. The fourth-order valence-corrected chi connectivity index (χ4v) is 2.90. The molecule has 0 bridgehead atoms. The summed E-state index contributed by atoms with van der Waals surface area (Å²) in [7, 11) is 0. The van der Waals surface area contributed by atoms with E-state index in [1.54, 1.807) is 12.1 Å². The lowest BCUT2D eigenvalue weighted by molar-refractivity contribution is -0.384. The number of nitro groups is 1. The first-order chi connectivity index (χ1) is 10.1. The van der Waals surface area contributed by atoms with E-state index in [0.717, 1.165) is 25.2 Å². The molecule has 1 fully saturated rings. The van der Waals surface area contributed by atoms with Crippen molar-refractivity contribution in [1.82, 2.24) is 0 Å². The third kappa shape index (κ3) is 2.81. The Balaban J connectivity index is 1.82. The number of nitrogens with zero attached hydrogens (tertiary/aromatic N) is 2. The van der Waals surface area contributed by atoms with Crippen LogP contribution >= 0.6 is 0 Å². The van der Waals surface area contributed by atoms with Crippen molar-refractivity contribution in [2.24, 2.45) is 0 Å². The van der Waals surface area contributed by atoms with Crippen molar-refractivity contribution in [2.45, 2.75) is 12.3 Å². The van der Waals surface area contributed by atoms with Crippen LogP contribution in [-0.4, -0.2) is 18.0 Å². The summed E-state index contributed by atoms with van der Waals surface area (Å²) in [5, 5.41) is 10.9. The molecule has 0 spiro atoms. The molecule has 2 aromatic carbocycles. The molecule has 0 amide bonds. The summed E-state index contributed by atoms with van der Waals surface area (Å²) in [5.41, 5.74) is 8.41. The Morgan fingerprint density at radius 1 is 1.19 bits per heavy atom. The van der Waals surface area contributed by atoms with Gasteiger partial charge in [0, 0.05) is 42.5 Å². The molecule has 1 aliphatic rings. The lowest BCUT2D eigenvalue weighted by Gasteiger charge is -2.19. The van der Waals surface area contributed by atoms with Gasteiger partial charge in [-0.05, 0) is 18.1 Å². The minimum absolute atomic E-state index is 0.0492. The molecular weight excluding hydrogens is 266 g/mol. The van der Waals surface area contributed by atoms with Gasteiger partial charge in [-0.15, -0.1) is 0 Å². The molecule has 1 heterocycles. The van der Waals surface area contributed by atoms with Crippen LogP contribution in [0.5, 0.6) is 0 Å². The van der Waals surface area contributed by atoms with Gasteiger partial charge in [0.1, 0.15) is 0 Å². The Morgan fingerprint density at radius 3 is 2.67 bits per heavy atom. The summed E-state index contributed by atoms with van der Waals surface area (Å²) in [5.74, 6) is 0.465. The second kappa shape index (κ2) is 5.44. The highest BCUT2D eigenvalue weighted by molar-refractivity contribution is 5.63. The number of benzene rings is 2. The second-order valence-corrected chi connectivity index (χ2v) is 5.38. The first kappa shape index (κ1) is 13.4. The molecule has 0 radical (unpaired) electrons. The van der Waals surface area contributed by atoms with E-state index < -0.39 is 4.92 Å². The zero-order valence-electron chi connectivity index (χ0n) is 11.6. The van der Waals surface area contributed by atoms with Crippen LogP contribution in [0.15, 0.2) is 48.5 Å². The predicted molar refractivity (Wildman–Crippen MR) is 83.5 cm³/mol. The van der Waals surface area contributed by atoms with Crippen LogP contribution in [-0.2, 0) is 0 Å². The molecule has 108 valence electrons. The van der Waals surface area contributed by atoms with Crippen molar-refractivity contribution >= 4 is 17.1 Å². The fourth-order valence-electron chi connectivity index (χ4n) is 2.90. The molecule has 0 aliphatic carbocycles. The highest BCUT2D eigenvalue weighted by Crippen LogP contribution is 2.33. The Morgan fingerprint density at radius 2 is 1.95 bits per heavy atom. The van der Waals surface area contributed by atoms with Crippen LogP contribution in [0.25, 0.3) is 0 Å². The summed E-state index contributed by atoms with van der Waals surface area (Å²) in [6.45, 7) is 1.75. The van der Waals surface area contributed by atoms with Crippen molar-refractivity contribution in [3.8, 4) is 0 Å². The Bertz CT molecular complexity index is 658. The van der Waals surface area contributed by atoms with E-state index in [9.17, 15) is 10.1 Å². The van der Waals surface area contributed by atoms with Crippen molar-refractivity contribution in [2.75, 3.05) is 23.7 Å². The Kier molecular flexibility index (Phi) is 3.48. The number of hydrogen-bond acceptors (Lipinski definition) is 4. The number of non-ortho nitro benzene ring substituents is 1. The van der Waals surface area contributed by atoms with Gasteiger partial charge in [-0.3, -0.25) is 10.1 Å². The average molecular weight is 283 g/mol. The normalized spacial score (nSPS) is 17.9. The lowest BCUT2D eigenvalue weighted by Crippen LogP contribution is -2.19. The summed E-state index contributed by atoms with van der Waals surface area (Å²) in [4.78, 5) is 12.7. The van der Waals surface area contributed by atoms with E-state index >= 15 is 0 Å². The van der Waals surface area contributed by atoms with Crippen LogP contribution in [0, 0.1) is 10.1 Å². The van der Waals surface area contributed by atoms with Crippen LogP contribution in [0.3, 0.4) is 0 Å². The van der Waals surface area contributed by atoms with Crippen LogP contribution in [0.4, 0.5) is 17.1 Å². The van der Waals surface area contributed by atoms with Gasteiger partial charge in [-0.1, -0.05) is 30.3 Å². The number of rotatable bonds is 3. The minimum atomic E-state index is -0.398. The number of nitrogens with two attached hydrogens (primary N) is 1. The first-order valence-corrected chi connectivity index (χ1v) is 6.98. The smallest absolute Gasteiger partial charge is 0.273 e. The molecule has 0 saturated carbocycles. The average Bonchev–Trinajstić information content (AvgIpc) is 2.97. The highest BCUT2D eigenvalue weighted by Gasteiger charge is 2.25. The SMILES string of the molecule is Nc1cc(N2CCC(c3ccccc3)C2)cc([N+](=O)[O-])c1. The summed E-state index contributed by atoms with van der Waals surface area (Å²) < 4.78 is 0. The highest BCUT2D eigenvalue weighted by atomic mass is 16.6. The van der Waals surface area contributed by atoms with E-state index in [2.05, 4.69) is 17.0 Å². The van der Waals surface area contributed by atoms with Gasteiger partial charge in [0.15, 0.2) is 0 Å². The standard InChI is InChI=1S/C16H17N3O2/c17-14-8-15(10-16(9-14)19(20)21)18-7-6-13(11-18)12-4-2-1-3-5-12/h1-5,8-10,13H,6-7,11,17H2. The van der Waals surface area contributed by atoms with Gasteiger partial charge in [-0.2, -0.15) is 0 Å². The Labute approximate surface area is 123 Å². The number of nitrogen functional groups attached to an aromatic ring is 1. The largest absolute Gasteiger partial charge is 0.398 e. The van der Waals surface area contributed by atoms with Crippen LogP contribution in [0.1, 0.15) is 17.9 Å². The third-order valence-corrected chi connectivity index (χ3v) is 3.96. The molecular formula is C16H17N3O2. The first-order valence-electron chi connectivity index (χ1n) is 6.98. The Hall–Kier alpha value is -2.56. The number of nitro benzene ring substituents is 1. The molecule has 1 unspecified atom stereocenters. The molecule has 2 N–H and O–H groups in total. The maximum absolute atomic E-state index is 10.9. The van der Waals surface area contributed by atoms with Gasteiger partial charge in [0.05, 0.1) is 4.92 Å². The summed E-state index contributed by atoms with van der Waals surface area (Å²) >= 11 is 0. The zero-order chi connectivity index (χ0) is 14.8. The van der Waals surface area contributed by atoms with Crippen molar-refractivity contribution in [1.29, 1.82) is 0 Å². The van der Waals surface area contributed by atoms with Crippen LogP contribution in [0.2, 0.25) is 0 Å². The van der Waals surface area contributed by atoms with Crippen LogP contribution < -0.4 is 10.6 Å². The van der Waals surface area contributed by atoms with Gasteiger partial charge in [0.2, 0.25) is 0 Å². The molecule has 2 aromatic rings. The van der Waals surface area contributed by atoms with Gasteiger partial charge < -0.3 is 10.6 Å². The lowest BCUT2D eigenvalue weighted by atomic mass is 9.99. The van der Waals surface area contributed by atoms with Crippen molar-refractivity contribution in [3.63, 3.8) is 0 Å². The molecule has 5 nitrogen and oxygen atoms in total. The van der Waals surface area contributed by atoms with Gasteiger partial charge in [-0.25, -0.2) is 0 Å². The van der Waals surface area contributed by atoms with Gasteiger partial charge in [0.25, 0.3) is 5.69 Å². The van der Waals surface area contributed by atoms with Crippen molar-refractivity contribution < 1.29 is 4.92 Å². The molecule has 1 aliphatic heterocycles.